The van der Waals surface area contributed by atoms with Crippen LogP contribution in [0.25, 0.3) is 0 Å². The molecule has 0 aliphatic carbocycles. The number of rotatable bonds is 1. The Balaban J connectivity index is 4.11. The van der Waals surface area contributed by atoms with Gasteiger partial charge in [-0.3, -0.25) is 0 Å². The fourth-order valence-corrected chi connectivity index (χ4v) is 0.498. The summed E-state index contributed by atoms with van der Waals surface area (Å²) >= 11 is 7.09. The van der Waals surface area contributed by atoms with Crippen molar-refractivity contribution in [1.82, 2.24) is 0 Å². The van der Waals surface area contributed by atoms with Crippen LogP contribution in [0.2, 0.25) is 0 Å². The fraction of sp³-hybridized carbons (Fsp3) is 0.857. The summed E-state index contributed by atoms with van der Waals surface area (Å²) in [6.45, 7) is 7.08. The number of ether oxygens (including phenoxy) is 1. The third-order valence-electron chi connectivity index (χ3n) is 0.771. The summed E-state index contributed by atoms with van der Waals surface area (Å²) < 4.78 is 4.15. The van der Waals surface area contributed by atoms with Crippen molar-refractivity contribution in [3.8, 4) is 0 Å². The fourth-order valence-electron chi connectivity index (χ4n) is 0.371. The highest BCUT2D eigenvalue weighted by molar-refractivity contribution is 9.12. The zero-order valence-electron chi connectivity index (χ0n) is 7.14. The molecule has 0 spiro atoms. The van der Waals surface area contributed by atoms with Gasteiger partial charge in [0.1, 0.15) is 5.60 Å². The molecule has 0 saturated carbocycles. The Morgan fingerprint density at radius 2 is 1.73 bits per heavy atom. The lowest BCUT2D eigenvalue weighted by molar-refractivity contribution is -0.154. The van der Waals surface area contributed by atoms with Crippen LogP contribution >= 0.6 is 28.6 Å². The molecule has 0 heterocycles. The lowest BCUT2D eigenvalue weighted by Crippen LogP contribution is -2.32. The van der Waals surface area contributed by atoms with Gasteiger partial charge in [-0.1, -0.05) is 15.9 Å². The molecule has 0 aromatic rings. The van der Waals surface area contributed by atoms with Gasteiger partial charge in [0.15, 0.2) is 3.66 Å². The van der Waals surface area contributed by atoms with Crippen LogP contribution in [0.15, 0.2) is 0 Å². The van der Waals surface area contributed by atoms with Crippen molar-refractivity contribution in [1.29, 1.82) is 0 Å². The van der Waals surface area contributed by atoms with Gasteiger partial charge < -0.3 is 4.74 Å². The molecule has 0 rings (SSSR count). The van der Waals surface area contributed by atoms with E-state index < -0.39 is 9.26 Å². The van der Waals surface area contributed by atoms with Crippen LogP contribution in [0, 0.1) is 0 Å². The third-order valence-corrected chi connectivity index (χ3v) is 1.28. The Bertz CT molecular complexity index is 155. The van der Waals surface area contributed by atoms with Crippen LogP contribution in [0.4, 0.5) is 0 Å². The molecule has 0 amide bonds. The Labute approximate surface area is 81.2 Å². The molecule has 0 saturated heterocycles. The van der Waals surface area contributed by atoms with Gasteiger partial charge in [0.05, 0.1) is 0 Å². The van der Waals surface area contributed by atoms with Gasteiger partial charge in [0.2, 0.25) is 0 Å². The second-order valence-electron chi connectivity index (χ2n) is 3.46. The number of hydrogen-bond acceptors (Lipinski definition) is 3. The summed E-state index contributed by atoms with van der Waals surface area (Å²) in [5.74, 6) is -0.367. The Hall–Kier alpha value is 0.300. The first-order valence-electron chi connectivity index (χ1n) is 3.27. The molecule has 1 unspecified atom stereocenters. The molecule has 1 atom stereocenters. The summed E-state index contributed by atoms with van der Waals surface area (Å²) in [6.07, 6.45) is 0. The van der Waals surface area contributed by atoms with Gasteiger partial charge in [0.25, 0.3) is 0 Å². The first kappa shape index (κ1) is 11.3. The smallest absolute Gasteiger partial charge is 0.333 e. The van der Waals surface area contributed by atoms with Gasteiger partial charge in [-0.2, -0.15) is 0 Å². The maximum Gasteiger partial charge on any atom is 0.333 e. The van der Waals surface area contributed by atoms with Crippen molar-refractivity contribution in [2.75, 3.05) is 0 Å². The van der Waals surface area contributed by atoms with E-state index in [1.165, 1.54) is 0 Å². The predicted molar refractivity (Wildman–Crippen MR) is 52.2 cm³/mol. The van der Waals surface area contributed by atoms with Gasteiger partial charge in [0, 0.05) is 0 Å². The van der Waals surface area contributed by atoms with E-state index in [1.807, 2.05) is 20.8 Å². The van der Waals surface area contributed by atoms with Crippen molar-refractivity contribution >= 4 is 34.5 Å². The standard InChI is InChI=1S/C7H13BrO2S/c1-6(2,3)10-5(9)7(4,8)11/h11H,1-4H3. The zero-order chi connectivity index (χ0) is 9.28. The summed E-state index contributed by atoms with van der Waals surface area (Å²) in [4.78, 5) is 11.1. The van der Waals surface area contributed by atoms with E-state index in [1.54, 1.807) is 6.92 Å². The Kier molecular flexibility index (Phi) is 3.44. The summed E-state index contributed by atoms with van der Waals surface area (Å²) in [7, 11) is 0. The van der Waals surface area contributed by atoms with E-state index in [0.717, 1.165) is 0 Å². The summed E-state index contributed by atoms with van der Waals surface area (Å²) in [5, 5.41) is 0. The van der Waals surface area contributed by atoms with Crippen LogP contribution in [-0.4, -0.2) is 15.2 Å². The molecule has 0 radical (unpaired) electrons. The normalized spacial score (nSPS) is 17.3. The van der Waals surface area contributed by atoms with E-state index in [0.29, 0.717) is 0 Å². The van der Waals surface area contributed by atoms with Crippen LogP contribution in [0.5, 0.6) is 0 Å². The highest BCUT2D eigenvalue weighted by Gasteiger charge is 2.30. The van der Waals surface area contributed by atoms with Crippen LogP contribution < -0.4 is 0 Å². The number of halogens is 1. The average Bonchev–Trinajstić information content (AvgIpc) is 1.56. The maximum absolute atomic E-state index is 11.1. The van der Waals surface area contributed by atoms with Crippen molar-refractivity contribution in [2.24, 2.45) is 0 Å². The van der Waals surface area contributed by atoms with Gasteiger partial charge in [-0.15, -0.1) is 12.6 Å². The number of thiol groups is 1. The van der Waals surface area contributed by atoms with E-state index in [-0.39, 0.29) is 5.97 Å². The number of hydrogen-bond donors (Lipinski definition) is 1. The first-order valence-corrected chi connectivity index (χ1v) is 4.52. The molecule has 0 fully saturated rings. The zero-order valence-corrected chi connectivity index (χ0v) is 9.62. The summed E-state index contributed by atoms with van der Waals surface area (Å²) in [5.41, 5.74) is -0.450. The Morgan fingerprint density at radius 1 is 1.36 bits per heavy atom. The lowest BCUT2D eigenvalue weighted by Gasteiger charge is -2.23. The molecule has 2 nitrogen and oxygen atoms in total. The first-order chi connectivity index (χ1) is 4.63. The van der Waals surface area contributed by atoms with Gasteiger partial charge >= 0.3 is 5.97 Å². The molecule has 4 heteroatoms. The topological polar surface area (TPSA) is 26.3 Å². The summed E-state index contributed by atoms with van der Waals surface area (Å²) in [6, 6.07) is 0. The molecule has 0 aromatic heterocycles. The average molecular weight is 241 g/mol. The van der Waals surface area contributed by atoms with Crippen LogP contribution in [0.1, 0.15) is 27.7 Å². The van der Waals surface area contributed by atoms with E-state index in [2.05, 4.69) is 28.6 Å². The van der Waals surface area contributed by atoms with Crippen molar-refractivity contribution in [3.63, 3.8) is 0 Å². The number of alkyl halides is 1. The minimum atomic E-state index is -0.889. The molecule has 0 aromatic carbocycles. The largest absolute Gasteiger partial charge is 0.458 e. The molecule has 66 valence electrons. The molecule has 0 bridgehead atoms. The molecular formula is C7H13BrO2S. The maximum atomic E-state index is 11.1. The number of esters is 1. The van der Waals surface area contributed by atoms with Crippen molar-refractivity contribution in [2.45, 2.75) is 37.0 Å². The van der Waals surface area contributed by atoms with E-state index in [9.17, 15) is 4.79 Å². The second-order valence-corrected chi connectivity index (χ2v) is 6.55. The molecule has 11 heavy (non-hydrogen) atoms. The molecule has 0 N–H and O–H groups in total. The van der Waals surface area contributed by atoms with Gasteiger partial charge in [-0.25, -0.2) is 4.79 Å². The highest BCUT2D eigenvalue weighted by atomic mass is 79.9. The minimum Gasteiger partial charge on any atom is -0.458 e. The Morgan fingerprint density at radius 3 is 1.82 bits per heavy atom. The van der Waals surface area contributed by atoms with E-state index in [4.69, 9.17) is 4.74 Å². The number of carbonyl (C=O) groups is 1. The molecule has 0 aliphatic heterocycles. The van der Waals surface area contributed by atoms with E-state index >= 15 is 0 Å². The van der Waals surface area contributed by atoms with Crippen molar-refractivity contribution < 1.29 is 9.53 Å². The molecular weight excluding hydrogens is 228 g/mol. The number of carbonyl (C=O) groups excluding carboxylic acids is 1. The third kappa shape index (κ3) is 5.56. The molecule has 0 aliphatic rings. The second kappa shape index (κ2) is 3.35. The lowest BCUT2D eigenvalue weighted by atomic mass is 10.2. The quantitative estimate of drug-likeness (QED) is 0.433. The van der Waals surface area contributed by atoms with Crippen LogP contribution in [0.3, 0.4) is 0 Å². The minimum absolute atomic E-state index is 0.367. The van der Waals surface area contributed by atoms with Crippen LogP contribution in [-0.2, 0) is 9.53 Å². The highest BCUT2D eigenvalue weighted by Crippen LogP contribution is 2.25. The predicted octanol–water partition coefficient (Wildman–Crippen LogP) is 2.37. The van der Waals surface area contributed by atoms with Gasteiger partial charge in [-0.05, 0) is 27.7 Å². The van der Waals surface area contributed by atoms with Crippen molar-refractivity contribution in [3.05, 3.63) is 0 Å². The SMILES string of the molecule is CC(C)(C)OC(=O)C(C)(S)Br. The monoisotopic (exact) mass is 240 g/mol.